The van der Waals surface area contributed by atoms with E-state index >= 15 is 0 Å². The van der Waals surface area contributed by atoms with Crippen LogP contribution in [0.4, 0.5) is 19.0 Å². The van der Waals surface area contributed by atoms with Crippen LogP contribution in [-0.2, 0) is 19.0 Å². The Bertz CT molecular complexity index is 1210. The maximum Gasteiger partial charge on any atom is 0.416 e. The maximum absolute atomic E-state index is 13.4. The van der Waals surface area contributed by atoms with Crippen LogP contribution >= 0.6 is 0 Å². The standard InChI is InChI=1S/C28H26F3N3/c29-28(30,31)22-14-9-15-23(18-22)34-27-24(16-7-8-17-32-27)26(33-34)19-25(20-10-3-1-4-11-20)21-12-5-2-6-13-21/h1-6,9-15,18,25,32H,7-8,16-17,19H2. The van der Waals surface area contributed by atoms with E-state index in [0.717, 1.165) is 48.9 Å². The first-order valence-corrected chi connectivity index (χ1v) is 11.6. The van der Waals surface area contributed by atoms with Crippen LogP contribution in [0.1, 0.15) is 46.7 Å². The van der Waals surface area contributed by atoms with Crippen LogP contribution in [0.2, 0.25) is 0 Å². The molecule has 1 N–H and O–H groups in total. The highest BCUT2D eigenvalue weighted by atomic mass is 19.4. The van der Waals surface area contributed by atoms with E-state index in [-0.39, 0.29) is 5.92 Å². The number of aromatic nitrogens is 2. The number of hydrogen-bond acceptors (Lipinski definition) is 2. The first-order valence-electron chi connectivity index (χ1n) is 11.6. The molecule has 1 aliphatic heterocycles. The van der Waals surface area contributed by atoms with Gasteiger partial charge in [0.25, 0.3) is 0 Å². The minimum Gasteiger partial charge on any atom is -0.370 e. The monoisotopic (exact) mass is 461 g/mol. The summed E-state index contributed by atoms with van der Waals surface area (Å²) in [5.41, 5.74) is 4.17. The number of fused-ring (bicyclic) bond motifs is 1. The Hall–Kier alpha value is -3.54. The molecule has 3 aromatic carbocycles. The van der Waals surface area contributed by atoms with Gasteiger partial charge in [-0.2, -0.15) is 18.3 Å². The van der Waals surface area contributed by atoms with Gasteiger partial charge in [-0.15, -0.1) is 0 Å². The molecule has 1 aromatic heterocycles. The fraction of sp³-hybridized carbons (Fsp3) is 0.250. The average Bonchev–Trinajstić information content (AvgIpc) is 3.02. The summed E-state index contributed by atoms with van der Waals surface area (Å²) in [5, 5.41) is 8.35. The lowest BCUT2D eigenvalue weighted by Gasteiger charge is -2.18. The molecular weight excluding hydrogens is 435 g/mol. The van der Waals surface area contributed by atoms with Crippen molar-refractivity contribution in [1.29, 1.82) is 0 Å². The predicted octanol–water partition coefficient (Wildman–Crippen LogP) is 7.01. The van der Waals surface area contributed by atoms with Gasteiger partial charge in [0, 0.05) is 24.4 Å². The molecule has 0 unspecified atom stereocenters. The lowest BCUT2D eigenvalue weighted by molar-refractivity contribution is -0.137. The van der Waals surface area contributed by atoms with E-state index in [1.165, 1.54) is 23.3 Å². The highest BCUT2D eigenvalue weighted by Crippen LogP contribution is 2.35. The number of benzene rings is 3. The Morgan fingerprint density at radius 2 is 1.53 bits per heavy atom. The number of alkyl halides is 3. The molecule has 0 spiro atoms. The number of rotatable bonds is 5. The zero-order chi connectivity index (χ0) is 23.5. The molecule has 174 valence electrons. The second-order valence-electron chi connectivity index (χ2n) is 8.70. The minimum absolute atomic E-state index is 0.0969. The zero-order valence-electron chi connectivity index (χ0n) is 18.7. The van der Waals surface area contributed by atoms with Gasteiger partial charge < -0.3 is 5.32 Å². The summed E-state index contributed by atoms with van der Waals surface area (Å²) in [7, 11) is 0. The fourth-order valence-electron chi connectivity index (χ4n) is 4.73. The molecule has 34 heavy (non-hydrogen) atoms. The van der Waals surface area contributed by atoms with Crippen molar-refractivity contribution in [2.45, 2.75) is 37.8 Å². The average molecular weight is 462 g/mol. The third kappa shape index (κ3) is 4.58. The third-order valence-corrected chi connectivity index (χ3v) is 6.43. The highest BCUT2D eigenvalue weighted by molar-refractivity contribution is 5.55. The number of nitrogens with zero attached hydrogens (tertiary/aromatic N) is 2. The molecule has 0 atom stereocenters. The molecule has 3 nitrogen and oxygen atoms in total. The Morgan fingerprint density at radius 3 is 2.18 bits per heavy atom. The van der Waals surface area contributed by atoms with Crippen LogP contribution in [0.5, 0.6) is 0 Å². The molecule has 2 heterocycles. The largest absolute Gasteiger partial charge is 0.416 e. The van der Waals surface area contributed by atoms with Gasteiger partial charge in [0.05, 0.1) is 16.9 Å². The number of anilines is 1. The first kappa shape index (κ1) is 22.3. The number of nitrogens with one attached hydrogen (secondary N) is 1. The second-order valence-corrected chi connectivity index (χ2v) is 8.70. The van der Waals surface area contributed by atoms with E-state index in [2.05, 4.69) is 29.6 Å². The van der Waals surface area contributed by atoms with Crippen molar-refractivity contribution < 1.29 is 13.2 Å². The number of halogens is 3. The molecular formula is C28H26F3N3. The molecule has 0 radical (unpaired) electrons. The molecule has 5 rings (SSSR count). The number of hydrogen-bond donors (Lipinski definition) is 1. The van der Waals surface area contributed by atoms with Crippen LogP contribution in [-0.4, -0.2) is 16.3 Å². The fourth-order valence-corrected chi connectivity index (χ4v) is 4.73. The highest BCUT2D eigenvalue weighted by Gasteiger charge is 2.31. The first-order chi connectivity index (χ1) is 16.5. The van der Waals surface area contributed by atoms with Crippen molar-refractivity contribution in [2.75, 3.05) is 11.9 Å². The SMILES string of the molecule is FC(F)(F)c1cccc(-n2nc(CC(c3ccccc3)c3ccccc3)c3c2NCCCC3)c1. The van der Waals surface area contributed by atoms with E-state index in [9.17, 15) is 13.2 Å². The van der Waals surface area contributed by atoms with Gasteiger partial charge in [-0.25, -0.2) is 4.68 Å². The van der Waals surface area contributed by atoms with Crippen molar-refractivity contribution >= 4 is 5.82 Å². The summed E-state index contributed by atoms with van der Waals surface area (Å²) in [6.07, 6.45) is -0.848. The lowest BCUT2D eigenvalue weighted by Crippen LogP contribution is -2.10. The molecule has 0 saturated heterocycles. The van der Waals surface area contributed by atoms with Crippen molar-refractivity contribution in [1.82, 2.24) is 9.78 Å². The van der Waals surface area contributed by atoms with Gasteiger partial charge in [0.15, 0.2) is 0 Å². The second kappa shape index (κ2) is 9.37. The van der Waals surface area contributed by atoms with Gasteiger partial charge in [-0.3, -0.25) is 0 Å². The molecule has 0 fully saturated rings. The van der Waals surface area contributed by atoms with E-state index in [4.69, 9.17) is 5.10 Å². The molecule has 1 aliphatic rings. The zero-order valence-corrected chi connectivity index (χ0v) is 18.7. The van der Waals surface area contributed by atoms with E-state index in [1.54, 1.807) is 10.7 Å². The normalized spacial score (nSPS) is 13.9. The van der Waals surface area contributed by atoms with Crippen molar-refractivity contribution in [3.63, 3.8) is 0 Å². The summed E-state index contributed by atoms with van der Waals surface area (Å²) in [6.45, 7) is 0.776. The van der Waals surface area contributed by atoms with Crippen LogP contribution < -0.4 is 5.32 Å². The topological polar surface area (TPSA) is 29.9 Å². The summed E-state index contributed by atoms with van der Waals surface area (Å²) in [4.78, 5) is 0. The van der Waals surface area contributed by atoms with Crippen LogP contribution in [0.3, 0.4) is 0 Å². The third-order valence-electron chi connectivity index (χ3n) is 6.43. The molecule has 0 bridgehead atoms. The quantitative estimate of drug-likeness (QED) is 0.346. The van der Waals surface area contributed by atoms with Gasteiger partial charge in [0.1, 0.15) is 5.82 Å². The van der Waals surface area contributed by atoms with Gasteiger partial charge in [-0.1, -0.05) is 66.7 Å². The Morgan fingerprint density at radius 1 is 0.853 bits per heavy atom. The van der Waals surface area contributed by atoms with E-state index in [1.807, 2.05) is 36.4 Å². The van der Waals surface area contributed by atoms with Crippen molar-refractivity contribution in [3.8, 4) is 5.69 Å². The van der Waals surface area contributed by atoms with Crippen molar-refractivity contribution in [3.05, 3.63) is 113 Å². The minimum atomic E-state index is -4.40. The van der Waals surface area contributed by atoms with Gasteiger partial charge in [0.2, 0.25) is 0 Å². The summed E-state index contributed by atoms with van der Waals surface area (Å²) in [6, 6.07) is 26.0. The Balaban J connectivity index is 1.60. The van der Waals surface area contributed by atoms with E-state index < -0.39 is 11.7 Å². The van der Waals surface area contributed by atoms with Crippen LogP contribution in [0.25, 0.3) is 5.69 Å². The van der Waals surface area contributed by atoms with Crippen LogP contribution in [0, 0.1) is 0 Å². The maximum atomic E-state index is 13.4. The molecule has 0 saturated carbocycles. The summed E-state index contributed by atoms with van der Waals surface area (Å²) >= 11 is 0. The smallest absolute Gasteiger partial charge is 0.370 e. The predicted molar refractivity (Wildman–Crippen MR) is 128 cm³/mol. The Kier molecular flexibility index (Phi) is 6.14. The molecule has 4 aromatic rings. The van der Waals surface area contributed by atoms with E-state index in [0.29, 0.717) is 12.1 Å². The van der Waals surface area contributed by atoms with Crippen LogP contribution in [0.15, 0.2) is 84.9 Å². The Labute approximate surface area is 197 Å². The van der Waals surface area contributed by atoms with Gasteiger partial charge in [-0.05, 0) is 48.6 Å². The summed E-state index contributed by atoms with van der Waals surface area (Å²) < 4.78 is 41.8. The lowest BCUT2D eigenvalue weighted by atomic mass is 9.86. The molecule has 6 heteroatoms. The van der Waals surface area contributed by atoms with Gasteiger partial charge >= 0.3 is 6.18 Å². The molecule has 0 aliphatic carbocycles. The summed E-state index contributed by atoms with van der Waals surface area (Å²) in [5.74, 6) is 0.909. The molecule has 0 amide bonds. The van der Waals surface area contributed by atoms with Crippen molar-refractivity contribution in [2.24, 2.45) is 0 Å².